The number of aliphatic carboxylic acids is 10. The van der Waals surface area contributed by atoms with Crippen molar-refractivity contribution < 1.29 is 108 Å². The van der Waals surface area contributed by atoms with Gasteiger partial charge in [-0.25, -0.2) is 76.3 Å². The highest BCUT2D eigenvalue weighted by Gasteiger charge is 2.27. The number of aromatic nitrogens is 8. The Morgan fingerprint density at radius 1 is 0.380 bits per heavy atom. The molecule has 526 valence electrons. The van der Waals surface area contributed by atoms with Crippen LogP contribution in [-0.4, -0.2) is 210 Å². The third-order valence-corrected chi connectivity index (χ3v) is 14.6. The molecule has 2 atom stereocenters. The number of hydrogen-bond acceptors (Lipinski definition) is 18. The quantitative estimate of drug-likeness (QED) is 0.0687. The Hall–Kier alpha value is -13.1. The minimum absolute atomic E-state index is 0.0606. The molecule has 10 aromatic rings. The Morgan fingerprint density at radius 3 is 0.960 bits per heavy atom. The predicted octanol–water partition coefficient (Wildman–Crippen LogP) is 3.88. The number of H-pyrrole nitrogens is 2. The van der Waals surface area contributed by atoms with Crippen molar-refractivity contribution in [3.05, 3.63) is 189 Å². The number of imidazole rings is 4. The number of hydrogen-bond donors (Lipinski definition) is 14. The Labute approximate surface area is 560 Å². The molecule has 0 aliphatic carbocycles. The highest BCUT2D eigenvalue weighted by Crippen LogP contribution is 2.26. The highest BCUT2D eigenvalue weighted by atomic mass is 19.1. The first-order chi connectivity index (χ1) is 47.5. The van der Waals surface area contributed by atoms with Gasteiger partial charge in [0.2, 0.25) is 11.9 Å². The summed E-state index contributed by atoms with van der Waals surface area (Å²) >= 11 is 0. The third-order valence-electron chi connectivity index (χ3n) is 14.6. The van der Waals surface area contributed by atoms with Gasteiger partial charge in [-0.3, -0.25) is 18.9 Å². The fourth-order valence-corrected chi connectivity index (χ4v) is 10.0. The summed E-state index contributed by atoms with van der Waals surface area (Å²) in [5, 5.41) is 81.2. The molecule has 34 nitrogen and oxygen atoms in total. The van der Waals surface area contributed by atoms with Crippen molar-refractivity contribution in [3.63, 3.8) is 0 Å². The van der Waals surface area contributed by atoms with E-state index in [1.807, 2.05) is 118 Å². The number of carboxylic acid groups (broad SMARTS) is 10. The van der Waals surface area contributed by atoms with Gasteiger partial charge in [0.25, 0.3) is 0 Å². The minimum Gasteiger partial charge on any atom is -0.473 e. The van der Waals surface area contributed by atoms with Gasteiger partial charge in [0.05, 0.1) is 57.2 Å². The lowest BCUT2D eigenvalue weighted by Gasteiger charge is -2.18. The van der Waals surface area contributed by atoms with Gasteiger partial charge in [0.1, 0.15) is 11.6 Å². The molecule has 0 radical (unpaired) electrons. The van der Waals surface area contributed by atoms with Crippen LogP contribution in [-0.2, 0) is 74.1 Å². The number of likely N-dealkylation sites (tertiary alicyclic amines) is 2. The SMILES string of the molecule is O=C(O)C(=O)O.O=C(O)C(=O)O.O=C(O)C(=O)O.O=C(O)C(=O)O.O=C(O)C(=O)O.O=c1[nH]c2ccccc2n1CCN1CCC(Nc2nc3ccccc3n2Cc2ccc(F)cc2)C1.O=c1[nH]c2ccccc2n1CCN1CCC(Nc2nc3ccccc3n2Cc2ccc(F)cc2)C1. The third kappa shape index (κ3) is 22.5. The van der Waals surface area contributed by atoms with Gasteiger partial charge in [0, 0.05) is 64.4 Å². The van der Waals surface area contributed by atoms with Crippen molar-refractivity contribution in [2.45, 2.75) is 51.1 Å². The Morgan fingerprint density at radius 2 is 0.660 bits per heavy atom. The fraction of sp³-hybridized carbons (Fsp3) is 0.219. The molecular weight excluding hydrogens is 1330 g/mol. The number of aromatic amines is 2. The van der Waals surface area contributed by atoms with E-state index in [1.165, 1.54) is 24.3 Å². The summed E-state index contributed by atoms with van der Waals surface area (Å²) in [7, 11) is 0. The average molecular weight is 1390 g/mol. The van der Waals surface area contributed by atoms with E-state index in [2.05, 4.69) is 51.7 Å². The summed E-state index contributed by atoms with van der Waals surface area (Å²) < 4.78 is 34.8. The molecule has 2 aliphatic rings. The van der Waals surface area contributed by atoms with Crippen LogP contribution in [0.15, 0.2) is 155 Å². The molecule has 12 rings (SSSR count). The standard InChI is InChI=1S/2C27H27FN6O.5C2H2O4/c2*28-20-11-9-19(10-12-20)17-34-25-8-4-1-5-22(25)30-26(34)29-21-13-14-32(18-21)15-16-33-24-7-3-2-6-23(24)31-27(33)35;5*3-1(4)2(5)6/h2*1-12,21H,13-18H2,(H,29,30)(H,31,35);5*(H,3,4)(H,5,6). The van der Waals surface area contributed by atoms with Gasteiger partial charge >= 0.3 is 71.1 Å². The molecular formula is C64H64F2N12O22. The molecule has 100 heavy (non-hydrogen) atoms. The molecule has 0 saturated carbocycles. The van der Waals surface area contributed by atoms with Gasteiger partial charge < -0.3 is 80.8 Å². The predicted molar refractivity (Wildman–Crippen MR) is 349 cm³/mol. The number of carboxylic acids is 10. The number of halogens is 2. The minimum atomic E-state index is -1.82. The lowest BCUT2D eigenvalue weighted by Crippen LogP contribution is -2.31. The zero-order chi connectivity index (χ0) is 73.3. The van der Waals surface area contributed by atoms with Crippen molar-refractivity contribution in [2.24, 2.45) is 0 Å². The van der Waals surface area contributed by atoms with Crippen LogP contribution in [0.2, 0.25) is 0 Å². The second-order valence-corrected chi connectivity index (χ2v) is 21.4. The van der Waals surface area contributed by atoms with Crippen LogP contribution >= 0.6 is 0 Å². The smallest absolute Gasteiger partial charge is 0.414 e. The normalized spacial score (nSPS) is 13.7. The zero-order valence-electron chi connectivity index (χ0n) is 52.2. The molecule has 0 spiro atoms. The summed E-state index contributed by atoms with van der Waals surface area (Å²) in [5.41, 5.74) is 9.53. The van der Waals surface area contributed by atoms with E-state index in [0.717, 1.165) is 119 Å². The van der Waals surface area contributed by atoms with E-state index in [-0.39, 0.29) is 35.1 Å². The lowest BCUT2D eigenvalue weighted by molar-refractivity contribution is -0.159. The maximum Gasteiger partial charge on any atom is 0.414 e. The van der Waals surface area contributed by atoms with Crippen LogP contribution in [0.3, 0.4) is 0 Å². The highest BCUT2D eigenvalue weighted by molar-refractivity contribution is 6.29. The van der Waals surface area contributed by atoms with Crippen molar-refractivity contribution in [3.8, 4) is 0 Å². The van der Waals surface area contributed by atoms with Gasteiger partial charge in [-0.05, 0) is 96.8 Å². The van der Waals surface area contributed by atoms with Crippen molar-refractivity contribution >= 4 is 116 Å². The maximum atomic E-state index is 13.4. The van der Waals surface area contributed by atoms with E-state index in [1.54, 1.807) is 0 Å². The summed E-state index contributed by atoms with van der Waals surface area (Å²) in [6.07, 6.45) is 2.01. The maximum absolute atomic E-state index is 13.4. The average Bonchev–Trinajstić information content (AvgIpc) is 1.66. The van der Waals surface area contributed by atoms with E-state index in [0.29, 0.717) is 26.2 Å². The zero-order valence-corrected chi connectivity index (χ0v) is 52.2. The second-order valence-electron chi connectivity index (χ2n) is 21.4. The molecule has 2 fully saturated rings. The Kier molecular flexibility index (Phi) is 27.4. The van der Waals surface area contributed by atoms with Crippen LogP contribution in [0, 0.1) is 11.6 Å². The number of fused-ring (bicyclic) bond motifs is 4. The second kappa shape index (κ2) is 36.1. The molecule has 0 amide bonds. The number of para-hydroxylation sites is 8. The summed E-state index contributed by atoms with van der Waals surface area (Å²) in [6, 6.07) is 45.6. The van der Waals surface area contributed by atoms with Crippen LogP contribution in [0.1, 0.15) is 24.0 Å². The summed E-state index contributed by atoms with van der Waals surface area (Å²) in [6.45, 7) is 7.86. The summed E-state index contributed by atoms with van der Waals surface area (Å²) in [5.74, 6) is -17.0. The van der Waals surface area contributed by atoms with Gasteiger partial charge in [-0.15, -0.1) is 0 Å². The van der Waals surface area contributed by atoms with Crippen LogP contribution in [0.5, 0.6) is 0 Å². The van der Waals surface area contributed by atoms with Crippen LogP contribution < -0.4 is 22.0 Å². The number of rotatable bonds is 14. The molecule has 2 aliphatic heterocycles. The van der Waals surface area contributed by atoms with E-state index in [9.17, 15) is 18.4 Å². The first-order valence-electron chi connectivity index (χ1n) is 29.5. The number of nitrogens with zero attached hydrogens (tertiary/aromatic N) is 8. The van der Waals surface area contributed by atoms with Crippen molar-refractivity contribution in [2.75, 3.05) is 49.9 Å². The lowest BCUT2D eigenvalue weighted by atomic mass is 10.2. The molecule has 4 aromatic heterocycles. The molecule has 14 N–H and O–H groups in total. The first kappa shape index (κ1) is 75.9. The number of carbonyl (C=O) groups is 10. The molecule has 0 bridgehead atoms. The molecule has 6 heterocycles. The Bertz CT molecular complexity index is 4260. The molecule has 2 unspecified atom stereocenters. The number of benzene rings is 6. The van der Waals surface area contributed by atoms with E-state index < -0.39 is 59.7 Å². The topological polar surface area (TPSA) is 515 Å². The monoisotopic (exact) mass is 1390 g/mol. The van der Waals surface area contributed by atoms with Gasteiger partial charge in [-0.2, -0.15) is 0 Å². The van der Waals surface area contributed by atoms with Crippen molar-refractivity contribution in [1.82, 2.24) is 48.0 Å². The molecule has 36 heteroatoms. The number of nitrogens with one attached hydrogen (secondary N) is 4. The molecule has 2 saturated heterocycles. The van der Waals surface area contributed by atoms with Crippen molar-refractivity contribution in [1.29, 1.82) is 0 Å². The van der Waals surface area contributed by atoms with E-state index in [4.69, 9.17) is 109 Å². The Balaban J connectivity index is 0.000000225. The largest absolute Gasteiger partial charge is 0.473 e. The van der Waals surface area contributed by atoms with E-state index >= 15 is 0 Å². The van der Waals surface area contributed by atoms with Crippen LogP contribution in [0.25, 0.3) is 44.1 Å². The number of anilines is 2. The summed E-state index contributed by atoms with van der Waals surface area (Å²) in [4.78, 5) is 136. The molecule has 6 aromatic carbocycles. The van der Waals surface area contributed by atoms with Crippen LogP contribution in [0.4, 0.5) is 20.7 Å². The van der Waals surface area contributed by atoms with Gasteiger partial charge in [-0.1, -0.05) is 72.8 Å². The fourth-order valence-electron chi connectivity index (χ4n) is 10.0. The van der Waals surface area contributed by atoms with Gasteiger partial charge in [0.15, 0.2) is 0 Å². The first-order valence-corrected chi connectivity index (χ1v) is 29.5.